The fourth-order valence-electron chi connectivity index (χ4n) is 1.40. The summed E-state index contributed by atoms with van der Waals surface area (Å²) in [5.41, 5.74) is 6.87. The summed E-state index contributed by atoms with van der Waals surface area (Å²) >= 11 is 0. The molecule has 4 nitrogen and oxygen atoms in total. The lowest BCUT2D eigenvalue weighted by Crippen LogP contribution is -2.14. The van der Waals surface area contributed by atoms with Crippen LogP contribution >= 0.6 is 0 Å². The first-order chi connectivity index (χ1) is 7.52. The maximum absolute atomic E-state index is 11.6. The molecule has 1 aromatic rings. The molecule has 3 N–H and O–H groups in total. The third-order valence-corrected chi connectivity index (χ3v) is 2.09. The van der Waals surface area contributed by atoms with Crippen molar-refractivity contribution in [2.45, 2.75) is 20.3 Å². The highest BCUT2D eigenvalue weighted by Crippen LogP contribution is 2.26. The summed E-state index contributed by atoms with van der Waals surface area (Å²) in [6.45, 7) is 3.99. The molecule has 0 saturated heterocycles. The SMILES string of the molecule is COc1ccc(N)cc1NC(=O)CC(C)C. The maximum atomic E-state index is 11.6. The number of benzene rings is 1. The Kier molecular flexibility index (Phi) is 4.17. The van der Waals surface area contributed by atoms with E-state index in [9.17, 15) is 4.79 Å². The molecule has 0 spiro atoms. The van der Waals surface area contributed by atoms with Gasteiger partial charge in [0.15, 0.2) is 0 Å². The summed E-state index contributed by atoms with van der Waals surface area (Å²) in [7, 11) is 1.56. The van der Waals surface area contributed by atoms with Crippen LogP contribution in [0.15, 0.2) is 18.2 Å². The standard InChI is InChI=1S/C12H18N2O2/c1-8(2)6-12(15)14-10-7-9(13)4-5-11(10)16-3/h4-5,7-8H,6,13H2,1-3H3,(H,14,15). The molecule has 0 aliphatic rings. The fourth-order valence-corrected chi connectivity index (χ4v) is 1.40. The molecule has 88 valence electrons. The Balaban J connectivity index is 2.79. The van der Waals surface area contributed by atoms with Gasteiger partial charge in [0.05, 0.1) is 12.8 Å². The zero-order chi connectivity index (χ0) is 12.1. The van der Waals surface area contributed by atoms with E-state index in [-0.39, 0.29) is 5.91 Å². The topological polar surface area (TPSA) is 64.3 Å². The summed E-state index contributed by atoms with van der Waals surface area (Å²) < 4.78 is 5.14. The number of nitrogen functional groups attached to an aromatic ring is 1. The zero-order valence-corrected chi connectivity index (χ0v) is 9.91. The number of carbonyl (C=O) groups excluding carboxylic acids is 1. The Morgan fingerprint density at radius 3 is 2.75 bits per heavy atom. The third kappa shape index (κ3) is 3.46. The van der Waals surface area contributed by atoms with Gasteiger partial charge in [-0.1, -0.05) is 13.8 Å². The van der Waals surface area contributed by atoms with Crippen LogP contribution in [0.5, 0.6) is 5.75 Å². The number of hydrogen-bond acceptors (Lipinski definition) is 3. The van der Waals surface area contributed by atoms with Gasteiger partial charge in [-0.25, -0.2) is 0 Å². The van der Waals surface area contributed by atoms with Gasteiger partial charge in [0, 0.05) is 12.1 Å². The van der Waals surface area contributed by atoms with Crippen molar-refractivity contribution in [2.24, 2.45) is 5.92 Å². The van der Waals surface area contributed by atoms with Gasteiger partial charge in [0.1, 0.15) is 5.75 Å². The van der Waals surface area contributed by atoms with Crippen LogP contribution in [0.1, 0.15) is 20.3 Å². The molecule has 0 bridgehead atoms. The van der Waals surface area contributed by atoms with E-state index in [1.807, 2.05) is 13.8 Å². The lowest BCUT2D eigenvalue weighted by Gasteiger charge is -2.11. The Hall–Kier alpha value is -1.71. The first-order valence-corrected chi connectivity index (χ1v) is 5.26. The van der Waals surface area contributed by atoms with Crippen molar-refractivity contribution in [3.63, 3.8) is 0 Å². The largest absolute Gasteiger partial charge is 0.495 e. The minimum absolute atomic E-state index is 0.0288. The molecule has 0 unspecified atom stereocenters. The molecule has 0 aliphatic carbocycles. The highest BCUT2D eigenvalue weighted by atomic mass is 16.5. The smallest absolute Gasteiger partial charge is 0.224 e. The number of amides is 1. The van der Waals surface area contributed by atoms with Crippen LogP contribution in [0.4, 0.5) is 11.4 Å². The minimum Gasteiger partial charge on any atom is -0.495 e. The number of anilines is 2. The molecular formula is C12H18N2O2. The van der Waals surface area contributed by atoms with Crippen LogP contribution in [0, 0.1) is 5.92 Å². The number of nitrogens with one attached hydrogen (secondary N) is 1. The first-order valence-electron chi connectivity index (χ1n) is 5.26. The van der Waals surface area contributed by atoms with Crippen molar-refractivity contribution in [3.8, 4) is 5.75 Å². The molecule has 0 atom stereocenters. The minimum atomic E-state index is -0.0288. The second-order valence-electron chi connectivity index (χ2n) is 4.11. The van der Waals surface area contributed by atoms with Crippen LogP contribution in [0.3, 0.4) is 0 Å². The number of rotatable bonds is 4. The van der Waals surface area contributed by atoms with Gasteiger partial charge in [0.2, 0.25) is 5.91 Å². The van der Waals surface area contributed by atoms with Gasteiger partial charge in [-0.3, -0.25) is 4.79 Å². The predicted octanol–water partition coefficient (Wildman–Crippen LogP) is 2.26. The second-order valence-corrected chi connectivity index (χ2v) is 4.11. The Labute approximate surface area is 95.8 Å². The van der Waals surface area contributed by atoms with Crippen LogP contribution in [0.2, 0.25) is 0 Å². The van der Waals surface area contributed by atoms with Crippen molar-refractivity contribution in [2.75, 3.05) is 18.2 Å². The van der Waals surface area contributed by atoms with E-state index in [1.54, 1.807) is 25.3 Å². The summed E-state index contributed by atoms with van der Waals surface area (Å²) in [6, 6.07) is 5.16. The Bertz CT molecular complexity index is 375. The van der Waals surface area contributed by atoms with E-state index in [2.05, 4.69) is 5.32 Å². The monoisotopic (exact) mass is 222 g/mol. The molecule has 0 heterocycles. The first kappa shape index (κ1) is 12.4. The van der Waals surface area contributed by atoms with Crippen LogP contribution in [0.25, 0.3) is 0 Å². The maximum Gasteiger partial charge on any atom is 0.224 e. The molecule has 0 radical (unpaired) electrons. The summed E-state index contributed by atoms with van der Waals surface area (Å²) in [6.07, 6.45) is 0.484. The van der Waals surface area contributed by atoms with Gasteiger partial charge in [-0.2, -0.15) is 0 Å². The number of nitrogens with two attached hydrogens (primary N) is 1. The third-order valence-electron chi connectivity index (χ3n) is 2.09. The fraction of sp³-hybridized carbons (Fsp3) is 0.417. The molecule has 16 heavy (non-hydrogen) atoms. The van der Waals surface area contributed by atoms with Crippen LogP contribution in [-0.2, 0) is 4.79 Å². The van der Waals surface area contributed by atoms with Gasteiger partial charge in [0.25, 0.3) is 0 Å². The van der Waals surface area contributed by atoms with E-state index in [0.717, 1.165) is 0 Å². The van der Waals surface area contributed by atoms with Crippen LogP contribution < -0.4 is 15.8 Å². The van der Waals surface area contributed by atoms with Gasteiger partial charge >= 0.3 is 0 Å². The highest BCUT2D eigenvalue weighted by molar-refractivity contribution is 5.93. The van der Waals surface area contributed by atoms with Gasteiger partial charge in [-0.05, 0) is 24.1 Å². The Morgan fingerprint density at radius 2 is 2.19 bits per heavy atom. The highest BCUT2D eigenvalue weighted by Gasteiger charge is 2.09. The molecule has 0 aliphatic heterocycles. The molecule has 0 saturated carbocycles. The molecular weight excluding hydrogens is 204 g/mol. The zero-order valence-electron chi connectivity index (χ0n) is 9.91. The number of methoxy groups -OCH3 is 1. The average molecular weight is 222 g/mol. The van der Waals surface area contributed by atoms with E-state index >= 15 is 0 Å². The molecule has 1 amide bonds. The van der Waals surface area contributed by atoms with E-state index in [1.165, 1.54) is 0 Å². The Morgan fingerprint density at radius 1 is 1.50 bits per heavy atom. The summed E-state index contributed by atoms with van der Waals surface area (Å²) in [4.78, 5) is 11.6. The summed E-state index contributed by atoms with van der Waals surface area (Å²) in [5.74, 6) is 0.914. The van der Waals surface area contributed by atoms with Crippen molar-refractivity contribution < 1.29 is 9.53 Å². The van der Waals surface area contributed by atoms with Crippen molar-refractivity contribution >= 4 is 17.3 Å². The van der Waals surface area contributed by atoms with E-state index < -0.39 is 0 Å². The molecule has 0 fully saturated rings. The van der Waals surface area contributed by atoms with E-state index in [0.29, 0.717) is 29.5 Å². The van der Waals surface area contributed by atoms with E-state index in [4.69, 9.17) is 10.5 Å². The van der Waals surface area contributed by atoms with Crippen molar-refractivity contribution in [3.05, 3.63) is 18.2 Å². The number of ether oxygens (including phenoxy) is 1. The second kappa shape index (κ2) is 5.39. The number of hydrogen-bond donors (Lipinski definition) is 2. The van der Waals surface area contributed by atoms with Gasteiger partial charge < -0.3 is 15.8 Å². The van der Waals surface area contributed by atoms with Gasteiger partial charge in [-0.15, -0.1) is 0 Å². The lowest BCUT2D eigenvalue weighted by atomic mass is 10.1. The predicted molar refractivity (Wildman–Crippen MR) is 65.5 cm³/mol. The quantitative estimate of drug-likeness (QED) is 0.768. The molecule has 1 aromatic carbocycles. The van der Waals surface area contributed by atoms with Crippen LogP contribution in [-0.4, -0.2) is 13.0 Å². The van der Waals surface area contributed by atoms with Crippen molar-refractivity contribution in [1.29, 1.82) is 0 Å². The van der Waals surface area contributed by atoms with Crippen molar-refractivity contribution in [1.82, 2.24) is 0 Å². The molecule has 4 heteroatoms. The lowest BCUT2D eigenvalue weighted by molar-refractivity contribution is -0.116. The average Bonchev–Trinajstić information content (AvgIpc) is 2.16. The number of carbonyl (C=O) groups is 1. The summed E-state index contributed by atoms with van der Waals surface area (Å²) in [5, 5.41) is 2.79. The normalized spacial score (nSPS) is 10.2. The molecule has 1 rings (SSSR count). The molecule has 0 aromatic heterocycles.